The Labute approximate surface area is 112 Å². The molecule has 0 saturated heterocycles. The van der Waals surface area contributed by atoms with Crippen LogP contribution in [-0.4, -0.2) is 52.9 Å². The number of amides is 1. The molecule has 0 radical (unpaired) electrons. The highest BCUT2D eigenvalue weighted by Gasteiger charge is 2.20. The van der Waals surface area contributed by atoms with E-state index in [1.807, 2.05) is 13.3 Å². The van der Waals surface area contributed by atoms with Crippen LogP contribution in [0.25, 0.3) is 0 Å². The molecule has 5 nitrogen and oxygen atoms in total. The molecular formula is C12H20N4OS. The molecule has 0 fully saturated rings. The maximum Gasteiger partial charge on any atom is 0.274 e. The lowest BCUT2D eigenvalue weighted by Crippen LogP contribution is -2.38. The van der Waals surface area contributed by atoms with Gasteiger partial charge in [-0.05, 0) is 12.7 Å². The molecule has 1 unspecified atom stereocenters. The van der Waals surface area contributed by atoms with Gasteiger partial charge < -0.3 is 10.2 Å². The van der Waals surface area contributed by atoms with Crippen LogP contribution in [0.1, 0.15) is 23.8 Å². The Morgan fingerprint density at radius 3 is 2.67 bits per heavy atom. The summed E-state index contributed by atoms with van der Waals surface area (Å²) < 4.78 is 0. The van der Waals surface area contributed by atoms with Crippen LogP contribution in [0, 0.1) is 0 Å². The normalized spacial score (nSPS) is 12.0. The minimum atomic E-state index is -0.0777. The number of anilines is 1. The van der Waals surface area contributed by atoms with Crippen LogP contribution >= 0.6 is 11.8 Å². The summed E-state index contributed by atoms with van der Waals surface area (Å²) in [6, 6.07) is 0.235. The molecule has 18 heavy (non-hydrogen) atoms. The third-order valence-electron chi connectivity index (χ3n) is 2.83. The van der Waals surface area contributed by atoms with E-state index >= 15 is 0 Å². The topological polar surface area (TPSA) is 58.1 Å². The van der Waals surface area contributed by atoms with Crippen molar-refractivity contribution in [3.05, 3.63) is 18.1 Å². The number of aromatic nitrogens is 2. The van der Waals surface area contributed by atoms with Crippen molar-refractivity contribution in [3.63, 3.8) is 0 Å². The van der Waals surface area contributed by atoms with Gasteiger partial charge in [0.1, 0.15) is 11.5 Å². The highest BCUT2D eigenvalue weighted by atomic mass is 32.2. The highest BCUT2D eigenvalue weighted by molar-refractivity contribution is 7.98. The fourth-order valence-electron chi connectivity index (χ4n) is 1.61. The molecule has 6 heteroatoms. The molecule has 0 aliphatic carbocycles. The van der Waals surface area contributed by atoms with E-state index in [4.69, 9.17) is 0 Å². The Morgan fingerprint density at radius 1 is 1.50 bits per heavy atom. The summed E-state index contributed by atoms with van der Waals surface area (Å²) >= 11 is 1.74. The number of thioether (sulfide) groups is 1. The Morgan fingerprint density at radius 2 is 2.22 bits per heavy atom. The summed E-state index contributed by atoms with van der Waals surface area (Å²) in [6.07, 6.45) is 6.06. The molecule has 1 aromatic rings. The number of nitrogens with one attached hydrogen (secondary N) is 1. The van der Waals surface area contributed by atoms with Crippen molar-refractivity contribution in [2.75, 3.05) is 31.4 Å². The van der Waals surface area contributed by atoms with Crippen LogP contribution in [0.3, 0.4) is 0 Å². The summed E-state index contributed by atoms with van der Waals surface area (Å²) in [5, 5.41) is 2.87. The fraction of sp³-hybridized carbons (Fsp3) is 0.583. The molecule has 1 aromatic heterocycles. The van der Waals surface area contributed by atoms with Gasteiger partial charge in [0.2, 0.25) is 0 Å². The Balaban J connectivity index is 2.78. The summed E-state index contributed by atoms with van der Waals surface area (Å²) in [7, 11) is 3.59. The Bertz CT molecular complexity index is 382. The number of nitrogens with zero attached hydrogens (tertiary/aromatic N) is 3. The number of hydrogen-bond acceptors (Lipinski definition) is 5. The zero-order valence-corrected chi connectivity index (χ0v) is 12.1. The zero-order valence-electron chi connectivity index (χ0n) is 11.3. The van der Waals surface area contributed by atoms with Crippen LogP contribution in [0.15, 0.2) is 12.4 Å². The number of carbonyl (C=O) groups is 1. The molecule has 1 heterocycles. The second kappa shape index (κ2) is 7.20. The summed E-state index contributed by atoms with van der Waals surface area (Å²) in [5.74, 6) is 1.51. The number of rotatable bonds is 6. The second-order valence-corrected chi connectivity index (χ2v) is 4.88. The smallest absolute Gasteiger partial charge is 0.274 e. The predicted octanol–water partition coefficient (Wildman–Crippen LogP) is 1.73. The average molecular weight is 268 g/mol. The van der Waals surface area contributed by atoms with E-state index in [9.17, 15) is 4.79 Å². The van der Waals surface area contributed by atoms with E-state index in [0.29, 0.717) is 11.5 Å². The van der Waals surface area contributed by atoms with E-state index in [0.717, 1.165) is 12.2 Å². The first kappa shape index (κ1) is 14.8. The van der Waals surface area contributed by atoms with Gasteiger partial charge >= 0.3 is 0 Å². The van der Waals surface area contributed by atoms with Crippen molar-refractivity contribution in [2.45, 2.75) is 19.4 Å². The minimum Gasteiger partial charge on any atom is -0.372 e. The first-order valence-electron chi connectivity index (χ1n) is 5.89. The molecule has 1 amide bonds. The van der Waals surface area contributed by atoms with Gasteiger partial charge in [0, 0.05) is 25.9 Å². The molecule has 0 aromatic carbocycles. The van der Waals surface area contributed by atoms with Crippen molar-refractivity contribution < 1.29 is 4.79 Å². The molecule has 0 spiro atoms. The molecular weight excluding hydrogens is 248 g/mol. The fourth-order valence-corrected chi connectivity index (χ4v) is 2.45. The van der Waals surface area contributed by atoms with Crippen molar-refractivity contribution in [1.29, 1.82) is 0 Å². The van der Waals surface area contributed by atoms with Gasteiger partial charge in [0.05, 0.1) is 12.4 Å². The van der Waals surface area contributed by atoms with E-state index in [2.05, 4.69) is 22.2 Å². The van der Waals surface area contributed by atoms with E-state index < -0.39 is 0 Å². The first-order chi connectivity index (χ1) is 8.63. The maximum absolute atomic E-state index is 12.2. The molecule has 0 aliphatic rings. The van der Waals surface area contributed by atoms with Gasteiger partial charge in [-0.1, -0.05) is 6.92 Å². The summed E-state index contributed by atoms with van der Waals surface area (Å²) in [6.45, 7) is 2.08. The highest BCUT2D eigenvalue weighted by Crippen LogP contribution is 2.11. The monoisotopic (exact) mass is 268 g/mol. The molecule has 1 N–H and O–H groups in total. The van der Waals surface area contributed by atoms with Gasteiger partial charge in [-0.15, -0.1) is 0 Å². The minimum absolute atomic E-state index is 0.0777. The lowest BCUT2D eigenvalue weighted by Gasteiger charge is -2.26. The van der Waals surface area contributed by atoms with Crippen LogP contribution < -0.4 is 5.32 Å². The largest absolute Gasteiger partial charge is 0.372 e. The molecule has 0 bridgehead atoms. The van der Waals surface area contributed by atoms with Crippen LogP contribution in [0.5, 0.6) is 0 Å². The number of hydrogen-bond donors (Lipinski definition) is 1. The lowest BCUT2D eigenvalue weighted by molar-refractivity contribution is 0.0737. The quantitative estimate of drug-likeness (QED) is 0.851. The molecule has 0 aliphatic heterocycles. The van der Waals surface area contributed by atoms with Gasteiger partial charge in [-0.3, -0.25) is 4.79 Å². The molecule has 0 saturated carbocycles. The van der Waals surface area contributed by atoms with Crippen LogP contribution in [0.4, 0.5) is 5.82 Å². The lowest BCUT2D eigenvalue weighted by atomic mass is 10.2. The summed E-state index contributed by atoms with van der Waals surface area (Å²) in [5.41, 5.74) is 0.385. The van der Waals surface area contributed by atoms with Crippen molar-refractivity contribution in [3.8, 4) is 0 Å². The second-order valence-electron chi connectivity index (χ2n) is 3.97. The van der Waals surface area contributed by atoms with E-state index in [1.165, 1.54) is 6.20 Å². The van der Waals surface area contributed by atoms with E-state index in [1.54, 1.807) is 29.9 Å². The van der Waals surface area contributed by atoms with E-state index in [-0.39, 0.29) is 11.9 Å². The Hall–Kier alpha value is -1.30. The van der Waals surface area contributed by atoms with Crippen LogP contribution in [0.2, 0.25) is 0 Å². The van der Waals surface area contributed by atoms with Crippen molar-refractivity contribution in [1.82, 2.24) is 14.9 Å². The number of carbonyl (C=O) groups excluding carboxylic acids is 1. The summed E-state index contributed by atoms with van der Waals surface area (Å²) in [4.78, 5) is 22.2. The van der Waals surface area contributed by atoms with Gasteiger partial charge in [-0.2, -0.15) is 11.8 Å². The van der Waals surface area contributed by atoms with Gasteiger partial charge in [0.15, 0.2) is 0 Å². The van der Waals surface area contributed by atoms with Gasteiger partial charge in [0.25, 0.3) is 5.91 Å². The molecule has 100 valence electrons. The van der Waals surface area contributed by atoms with Crippen molar-refractivity contribution >= 4 is 23.5 Å². The van der Waals surface area contributed by atoms with Crippen LogP contribution in [-0.2, 0) is 0 Å². The third kappa shape index (κ3) is 3.60. The zero-order chi connectivity index (χ0) is 13.5. The standard InChI is InChI=1S/C12H20N4OS/c1-5-9(8-18-4)16(3)12(17)10-6-15-11(13-2)7-14-10/h6-7,9H,5,8H2,1-4H3,(H,13,15). The molecule has 1 atom stereocenters. The predicted molar refractivity (Wildman–Crippen MR) is 76.1 cm³/mol. The third-order valence-corrected chi connectivity index (χ3v) is 3.54. The first-order valence-corrected chi connectivity index (χ1v) is 7.29. The van der Waals surface area contributed by atoms with Crippen molar-refractivity contribution in [2.24, 2.45) is 0 Å². The van der Waals surface area contributed by atoms with Gasteiger partial charge in [-0.25, -0.2) is 9.97 Å². The molecule has 1 rings (SSSR count). The maximum atomic E-state index is 12.2. The Kier molecular flexibility index (Phi) is 5.91. The SMILES string of the molecule is CCC(CSC)N(C)C(=O)c1cnc(NC)cn1. The average Bonchev–Trinajstić information content (AvgIpc) is 2.43.